The van der Waals surface area contributed by atoms with Crippen molar-refractivity contribution >= 4 is 11.9 Å². The minimum Gasteiger partial charge on any atom is -0.481 e. The molecule has 0 aliphatic heterocycles. The van der Waals surface area contributed by atoms with E-state index in [2.05, 4.69) is 17.5 Å². The van der Waals surface area contributed by atoms with Gasteiger partial charge in [0.05, 0.1) is 5.41 Å². The maximum Gasteiger partial charge on any atom is 0.310 e. The number of hydrogen-bond donors (Lipinski definition) is 2. The Labute approximate surface area is 107 Å². The van der Waals surface area contributed by atoms with E-state index in [-0.39, 0.29) is 12.3 Å². The number of nitrogens with one attached hydrogen (secondary N) is 1. The van der Waals surface area contributed by atoms with Crippen LogP contribution in [0.5, 0.6) is 0 Å². The summed E-state index contributed by atoms with van der Waals surface area (Å²) in [6, 6.07) is 0. The molecule has 1 fully saturated rings. The van der Waals surface area contributed by atoms with Gasteiger partial charge in [0.1, 0.15) is 0 Å². The van der Waals surface area contributed by atoms with Crippen molar-refractivity contribution in [2.24, 2.45) is 11.3 Å². The Hall–Kier alpha value is -1.32. The Morgan fingerprint density at radius 1 is 1.33 bits per heavy atom. The van der Waals surface area contributed by atoms with Gasteiger partial charge in [-0.3, -0.25) is 9.59 Å². The van der Waals surface area contributed by atoms with Gasteiger partial charge in [-0.05, 0) is 38.0 Å². The summed E-state index contributed by atoms with van der Waals surface area (Å²) in [5.41, 5.74) is -0.767. The molecule has 2 N–H and O–H groups in total. The van der Waals surface area contributed by atoms with Gasteiger partial charge in [-0.2, -0.15) is 0 Å². The van der Waals surface area contributed by atoms with E-state index in [0.29, 0.717) is 25.3 Å². The van der Waals surface area contributed by atoms with Crippen LogP contribution in [0.3, 0.4) is 0 Å². The zero-order valence-electron chi connectivity index (χ0n) is 10.7. The first-order valence-electron chi connectivity index (χ1n) is 6.77. The first kappa shape index (κ1) is 13.1. The minimum absolute atomic E-state index is 0.105. The third kappa shape index (κ3) is 2.92. The molecular formula is C14H21NO3. The van der Waals surface area contributed by atoms with Crippen LogP contribution in [-0.2, 0) is 9.59 Å². The number of amides is 1. The van der Waals surface area contributed by atoms with E-state index in [1.165, 1.54) is 0 Å². The quantitative estimate of drug-likeness (QED) is 0.735. The van der Waals surface area contributed by atoms with Crippen LogP contribution in [0.25, 0.3) is 0 Å². The van der Waals surface area contributed by atoms with E-state index >= 15 is 0 Å². The molecule has 0 heterocycles. The molecular weight excluding hydrogens is 230 g/mol. The normalized spacial score (nSPS) is 25.2. The highest BCUT2D eigenvalue weighted by molar-refractivity contribution is 5.85. The van der Waals surface area contributed by atoms with Gasteiger partial charge in [-0.1, -0.05) is 18.6 Å². The molecule has 2 rings (SSSR count). The summed E-state index contributed by atoms with van der Waals surface area (Å²) in [5, 5.41) is 12.1. The maximum atomic E-state index is 11.8. The molecule has 1 unspecified atom stereocenters. The van der Waals surface area contributed by atoms with Crippen LogP contribution in [0.4, 0.5) is 0 Å². The zero-order valence-corrected chi connectivity index (χ0v) is 10.7. The van der Waals surface area contributed by atoms with Gasteiger partial charge in [-0.25, -0.2) is 0 Å². The molecule has 0 spiro atoms. The molecule has 0 aromatic rings. The van der Waals surface area contributed by atoms with E-state index in [9.17, 15) is 9.59 Å². The summed E-state index contributed by atoms with van der Waals surface area (Å²) in [6.07, 6.45) is 9.89. The van der Waals surface area contributed by atoms with Crippen molar-refractivity contribution in [1.82, 2.24) is 5.32 Å². The van der Waals surface area contributed by atoms with Crippen molar-refractivity contribution in [3.05, 3.63) is 12.2 Å². The molecule has 1 amide bonds. The molecule has 1 atom stereocenters. The minimum atomic E-state index is -0.815. The van der Waals surface area contributed by atoms with E-state index in [1.54, 1.807) is 0 Å². The number of allylic oxidation sites excluding steroid dienone is 2. The van der Waals surface area contributed by atoms with Crippen molar-refractivity contribution in [3.63, 3.8) is 0 Å². The lowest BCUT2D eigenvalue weighted by Crippen LogP contribution is -2.43. The summed E-state index contributed by atoms with van der Waals surface area (Å²) in [6.45, 7) is 0.679. The number of carboxylic acids is 1. The average Bonchev–Trinajstić information content (AvgIpc) is 2.32. The van der Waals surface area contributed by atoms with Crippen LogP contribution < -0.4 is 5.32 Å². The molecule has 4 nitrogen and oxygen atoms in total. The molecule has 2 aliphatic rings. The molecule has 0 bridgehead atoms. The van der Waals surface area contributed by atoms with Crippen LogP contribution in [0.1, 0.15) is 44.9 Å². The Morgan fingerprint density at radius 3 is 2.61 bits per heavy atom. The molecule has 1 saturated carbocycles. The fraction of sp³-hybridized carbons (Fsp3) is 0.714. The van der Waals surface area contributed by atoms with Gasteiger partial charge in [-0.15, -0.1) is 0 Å². The predicted octanol–water partition coefficient (Wildman–Crippen LogP) is 2.10. The number of carbonyl (C=O) groups is 2. The van der Waals surface area contributed by atoms with Crippen LogP contribution in [0.2, 0.25) is 0 Å². The SMILES string of the molecule is O=C(CC1(C(=O)O)CCC1)NCC1CC=CCC1. The summed E-state index contributed by atoms with van der Waals surface area (Å²) >= 11 is 0. The number of aliphatic carboxylic acids is 1. The first-order chi connectivity index (χ1) is 8.62. The molecule has 0 aromatic carbocycles. The molecule has 2 aliphatic carbocycles. The summed E-state index contributed by atoms with van der Waals surface area (Å²) in [7, 11) is 0. The Balaban J connectivity index is 1.74. The van der Waals surface area contributed by atoms with Gasteiger partial charge in [0, 0.05) is 13.0 Å². The van der Waals surface area contributed by atoms with Crippen LogP contribution in [0, 0.1) is 11.3 Å². The van der Waals surface area contributed by atoms with Gasteiger partial charge in [0.15, 0.2) is 0 Å². The average molecular weight is 251 g/mol. The fourth-order valence-electron chi connectivity index (χ4n) is 2.74. The smallest absolute Gasteiger partial charge is 0.310 e. The summed E-state index contributed by atoms with van der Waals surface area (Å²) < 4.78 is 0. The van der Waals surface area contributed by atoms with Crippen molar-refractivity contribution in [3.8, 4) is 0 Å². The van der Waals surface area contributed by atoms with Crippen molar-refractivity contribution in [2.45, 2.75) is 44.9 Å². The standard InChI is InChI=1S/C14H21NO3/c16-12(9-14(13(17)18)7-4-8-14)15-10-11-5-2-1-3-6-11/h1-2,11H,3-10H2,(H,15,16)(H,17,18). The van der Waals surface area contributed by atoms with Crippen LogP contribution in [-0.4, -0.2) is 23.5 Å². The lowest BCUT2D eigenvalue weighted by Gasteiger charge is -2.37. The van der Waals surface area contributed by atoms with Gasteiger partial charge >= 0.3 is 5.97 Å². The van der Waals surface area contributed by atoms with E-state index in [1.807, 2.05) is 0 Å². The molecule has 0 radical (unpaired) electrons. The van der Waals surface area contributed by atoms with Crippen molar-refractivity contribution in [1.29, 1.82) is 0 Å². The third-order valence-electron chi connectivity index (χ3n) is 4.23. The molecule has 18 heavy (non-hydrogen) atoms. The van der Waals surface area contributed by atoms with Crippen LogP contribution in [0.15, 0.2) is 12.2 Å². The number of carbonyl (C=O) groups excluding carboxylic acids is 1. The number of carboxylic acid groups (broad SMARTS) is 1. The fourth-order valence-corrected chi connectivity index (χ4v) is 2.74. The molecule has 4 heteroatoms. The second-order valence-corrected chi connectivity index (χ2v) is 5.57. The van der Waals surface area contributed by atoms with Crippen LogP contribution >= 0.6 is 0 Å². The monoisotopic (exact) mass is 251 g/mol. The topological polar surface area (TPSA) is 66.4 Å². The van der Waals surface area contributed by atoms with E-state index in [4.69, 9.17) is 5.11 Å². The lowest BCUT2D eigenvalue weighted by molar-refractivity contribution is -0.157. The van der Waals surface area contributed by atoms with Crippen molar-refractivity contribution < 1.29 is 14.7 Å². The summed E-state index contributed by atoms with van der Waals surface area (Å²) in [5.74, 6) is -0.405. The van der Waals surface area contributed by atoms with E-state index in [0.717, 1.165) is 25.7 Å². The Morgan fingerprint density at radius 2 is 2.11 bits per heavy atom. The highest BCUT2D eigenvalue weighted by Gasteiger charge is 2.45. The Bertz CT molecular complexity index is 358. The highest BCUT2D eigenvalue weighted by atomic mass is 16.4. The third-order valence-corrected chi connectivity index (χ3v) is 4.23. The maximum absolute atomic E-state index is 11.8. The molecule has 0 aromatic heterocycles. The number of rotatable bonds is 5. The Kier molecular flexibility index (Phi) is 4.04. The second kappa shape index (κ2) is 5.55. The van der Waals surface area contributed by atoms with Gasteiger partial charge in [0.2, 0.25) is 5.91 Å². The predicted molar refractivity (Wildman–Crippen MR) is 68.0 cm³/mol. The van der Waals surface area contributed by atoms with Crippen molar-refractivity contribution in [2.75, 3.05) is 6.54 Å². The highest BCUT2D eigenvalue weighted by Crippen LogP contribution is 2.44. The van der Waals surface area contributed by atoms with Gasteiger partial charge < -0.3 is 10.4 Å². The van der Waals surface area contributed by atoms with Gasteiger partial charge in [0.25, 0.3) is 0 Å². The lowest BCUT2D eigenvalue weighted by atomic mass is 9.66. The zero-order chi connectivity index (χ0) is 13.0. The van der Waals surface area contributed by atoms with E-state index < -0.39 is 11.4 Å². The number of hydrogen-bond acceptors (Lipinski definition) is 2. The molecule has 100 valence electrons. The largest absolute Gasteiger partial charge is 0.481 e. The first-order valence-corrected chi connectivity index (χ1v) is 6.77. The molecule has 0 saturated heterocycles. The second-order valence-electron chi connectivity index (χ2n) is 5.57. The summed E-state index contributed by atoms with van der Waals surface area (Å²) in [4.78, 5) is 23.0.